The average molecular weight is 312 g/mol. The number of rotatable bonds is 4. The fourth-order valence-corrected chi connectivity index (χ4v) is 1.75. The molecule has 0 radical (unpaired) electrons. The number of hydrogen-bond acceptors (Lipinski definition) is 3. The van der Waals surface area contributed by atoms with E-state index in [0.717, 1.165) is 11.4 Å². The Morgan fingerprint density at radius 2 is 1.87 bits per heavy atom. The maximum Gasteiger partial charge on any atom is 0.225 e. The predicted molar refractivity (Wildman–Crippen MR) is 93.0 cm³/mol. The fourth-order valence-electron chi connectivity index (χ4n) is 1.75. The van der Waals surface area contributed by atoms with E-state index in [4.69, 9.17) is 16.2 Å². The number of aliphatic imine (C=N–C) groups is 2. The molecule has 0 saturated heterocycles. The maximum absolute atomic E-state index is 5.81. The van der Waals surface area contributed by atoms with Crippen molar-refractivity contribution in [1.29, 1.82) is 0 Å². The number of hydrogen-bond donors (Lipinski definition) is 3. The summed E-state index contributed by atoms with van der Waals surface area (Å²) in [5.74, 6) is 1.42. The lowest BCUT2D eigenvalue weighted by molar-refractivity contribution is 0.242. The van der Waals surface area contributed by atoms with E-state index >= 15 is 0 Å². The second-order valence-electron chi connectivity index (χ2n) is 4.97. The second kappa shape index (κ2) is 7.79. The molecule has 1 aromatic carbocycles. The molecule has 0 bridgehead atoms. The summed E-state index contributed by atoms with van der Waals surface area (Å²) in [7, 11) is 0. The highest BCUT2D eigenvalue weighted by atomic mass is 16.5. The zero-order valence-corrected chi connectivity index (χ0v) is 13.1. The van der Waals surface area contributed by atoms with Gasteiger partial charge < -0.3 is 21.5 Å². The Morgan fingerprint density at radius 3 is 2.48 bits per heavy atom. The third kappa shape index (κ3) is 5.66. The van der Waals surface area contributed by atoms with Gasteiger partial charge in [-0.1, -0.05) is 6.07 Å². The minimum Gasteiger partial charge on any atom is -0.491 e. The zero-order valence-electron chi connectivity index (χ0n) is 13.1. The molecule has 0 fully saturated rings. The Balaban J connectivity index is 2.00. The fraction of sp³-hybridized carbons (Fsp3) is 0.188. The van der Waals surface area contributed by atoms with Crippen molar-refractivity contribution in [3.63, 3.8) is 0 Å². The molecule has 0 aliphatic rings. The maximum atomic E-state index is 5.81. The molecular formula is C16H20N6O. The number of guanidine groups is 2. The molecule has 0 saturated carbocycles. The van der Waals surface area contributed by atoms with Gasteiger partial charge in [0, 0.05) is 11.9 Å². The van der Waals surface area contributed by atoms with Crippen molar-refractivity contribution >= 4 is 23.4 Å². The van der Waals surface area contributed by atoms with Gasteiger partial charge in [-0.05, 0) is 50.2 Å². The van der Waals surface area contributed by atoms with Crippen LogP contribution in [0.4, 0.5) is 11.5 Å². The van der Waals surface area contributed by atoms with E-state index in [-0.39, 0.29) is 18.0 Å². The number of aromatic nitrogens is 1. The number of ether oxygens (including phenoxy) is 1. The van der Waals surface area contributed by atoms with Crippen LogP contribution in [0.15, 0.2) is 58.6 Å². The largest absolute Gasteiger partial charge is 0.491 e. The predicted octanol–water partition coefficient (Wildman–Crippen LogP) is 2.24. The van der Waals surface area contributed by atoms with Crippen molar-refractivity contribution in [2.45, 2.75) is 20.0 Å². The summed E-state index contributed by atoms with van der Waals surface area (Å²) in [6.45, 7) is 3.95. The molecule has 2 aromatic rings. The van der Waals surface area contributed by atoms with Crippen LogP contribution >= 0.6 is 0 Å². The topological polar surface area (TPSA) is 111 Å². The normalized spacial score (nSPS) is 12.3. The molecule has 23 heavy (non-hydrogen) atoms. The van der Waals surface area contributed by atoms with Gasteiger partial charge in [0.05, 0.1) is 6.10 Å². The Hall–Kier alpha value is -3.09. The first-order chi connectivity index (χ1) is 11.0. The third-order valence-electron chi connectivity index (χ3n) is 2.61. The summed E-state index contributed by atoms with van der Waals surface area (Å²) in [6, 6.07) is 12.7. The number of nitrogens with zero attached hydrogens (tertiary/aromatic N) is 3. The van der Waals surface area contributed by atoms with E-state index in [1.165, 1.54) is 0 Å². The highest BCUT2D eigenvalue weighted by Crippen LogP contribution is 2.16. The summed E-state index contributed by atoms with van der Waals surface area (Å²) in [5.41, 5.74) is 12.3. The van der Waals surface area contributed by atoms with Crippen LogP contribution in [0.1, 0.15) is 13.8 Å². The van der Waals surface area contributed by atoms with Gasteiger partial charge in [-0.15, -0.1) is 0 Å². The molecule has 0 atom stereocenters. The Morgan fingerprint density at radius 1 is 1.13 bits per heavy atom. The first-order valence-corrected chi connectivity index (χ1v) is 7.16. The van der Waals surface area contributed by atoms with Crippen LogP contribution in [0.2, 0.25) is 0 Å². The number of benzene rings is 1. The summed E-state index contributed by atoms with van der Waals surface area (Å²) in [5, 5.41) is 2.93. The van der Waals surface area contributed by atoms with Gasteiger partial charge in [0.2, 0.25) is 11.9 Å². The molecule has 0 unspecified atom stereocenters. The van der Waals surface area contributed by atoms with E-state index in [0.29, 0.717) is 5.82 Å². The monoisotopic (exact) mass is 312 g/mol. The van der Waals surface area contributed by atoms with E-state index < -0.39 is 0 Å². The molecule has 5 N–H and O–H groups in total. The van der Waals surface area contributed by atoms with E-state index in [1.807, 2.05) is 44.2 Å². The molecule has 7 nitrogen and oxygen atoms in total. The van der Waals surface area contributed by atoms with Gasteiger partial charge >= 0.3 is 0 Å². The molecule has 0 amide bonds. The second-order valence-corrected chi connectivity index (χ2v) is 4.97. The van der Waals surface area contributed by atoms with Crippen molar-refractivity contribution in [3.8, 4) is 5.75 Å². The number of nitrogens with one attached hydrogen (secondary N) is 1. The summed E-state index contributed by atoms with van der Waals surface area (Å²) in [4.78, 5) is 12.1. The van der Waals surface area contributed by atoms with E-state index in [9.17, 15) is 0 Å². The first-order valence-electron chi connectivity index (χ1n) is 7.16. The van der Waals surface area contributed by atoms with Gasteiger partial charge in [0.25, 0.3) is 0 Å². The van der Waals surface area contributed by atoms with Gasteiger partial charge in [-0.25, -0.2) is 4.98 Å². The highest BCUT2D eigenvalue weighted by Gasteiger charge is 2.00. The van der Waals surface area contributed by atoms with Crippen molar-refractivity contribution in [2.24, 2.45) is 21.5 Å². The SMILES string of the molecule is CC(C)Oc1ccc(NC(N)=NC(N)=Nc2ccccn2)cc1. The van der Waals surface area contributed by atoms with Crippen LogP contribution in [0.25, 0.3) is 0 Å². The Kier molecular flexibility index (Phi) is 5.51. The molecule has 1 heterocycles. The van der Waals surface area contributed by atoms with Crippen molar-refractivity contribution in [2.75, 3.05) is 5.32 Å². The lowest BCUT2D eigenvalue weighted by atomic mass is 10.3. The molecule has 2 rings (SSSR count). The van der Waals surface area contributed by atoms with Crippen molar-refractivity contribution in [1.82, 2.24) is 4.98 Å². The molecular weight excluding hydrogens is 292 g/mol. The van der Waals surface area contributed by atoms with Crippen LogP contribution in [-0.2, 0) is 0 Å². The van der Waals surface area contributed by atoms with Crippen LogP contribution in [0.5, 0.6) is 5.75 Å². The molecule has 120 valence electrons. The van der Waals surface area contributed by atoms with Gasteiger partial charge in [0.1, 0.15) is 5.75 Å². The average Bonchev–Trinajstić information content (AvgIpc) is 2.49. The summed E-state index contributed by atoms with van der Waals surface area (Å²) >= 11 is 0. The van der Waals surface area contributed by atoms with Gasteiger partial charge in [-0.2, -0.15) is 9.98 Å². The smallest absolute Gasteiger partial charge is 0.225 e. The zero-order chi connectivity index (χ0) is 16.7. The summed E-state index contributed by atoms with van der Waals surface area (Å²) in [6.07, 6.45) is 1.75. The van der Waals surface area contributed by atoms with Crippen LogP contribution in [0.3, 0.4) is 0 Å². The Bertz CT molecular complexity index is 679. The van der Waals surface area contributed by atoms with Crippen LogP contribution in [0, 0.1) is 0 Å². The Labute approximate surface area is 135 Å². The van der Waals surface area contributed by atoms with E-state index in [1.54, 1.807) is 18.3 Å². The standard InChI is InChI=1S/C16H20N6O/c1-11(2)23-13-8-6-12(7-9-13)20-15(17)22-16(18)21-14-5-3-4-10-19-14/h3-11H,1-2H3,(H5,17,18,19,20,21,22). The lowest BCUT2D eigenvalue weighted by Crippen LogP contribution is -2.26. The third-order valence-corrected chi connectivity index (χ3v) is 2.61. The van der Waals surface area contributed by atoms with Crippen LogP contribution in [-0.4, -0.2) is 23.0 Å². The summed E-state index contributed by atoms with van der Waals surface area (Å²) < 4.78 is 5.57. The first kappa shape index (κ1) is 16.3. The number of nitrogens with two attached hydrogens (primary N) is 2. The molecule has 0 aliphatic carbocycles. The minimum atomic E-state index is 0.0217. The molecule has 0 spiro atoms. The lowest BCUT2D eigenvalue weighted by Gasteiger charge is -2.10. The quantitative estimate of drug-likeness (QED) is 0.592. The minimum absolute atomic E-state index is 0.0217. The number of pyridine rings is 1. The highest BCUT2D eigenvalue weighted by molar-refractivity contribution is 6.01. The number of anilines is 1. The van der Waals surface area contributed by atoms with Crippen molar-refractivity contribution in [3.05, 3.63) is 48.7 Å². The van der Waals surface area contributed by atoms with Crippen LogP contribution < -0.4 is 21.5 Å². The molecule has 0 aliphatic heterocycles. The molecule has 7 heteroatoms. The van der Waals surface area contributed by atoms with Gasteiger partial charge in [0.15, 0.2) is 5.82 Å². The molecule has 1 aromatic heterocycles. The van der Waals surface area contributed by atoms with Crippen molar-refractivity contribution < 1.29 is 4.74 Å². The van der Waals surface area contributed by atoms with E-state index in [2.05, 4.69) is 20.3 Å². The van der Waals surface area contributed by atoms with Gasteiger partial charge in [-0.3, -0.25) is 0 Å².